The molecule has 2 aliphatic heterocycles. The van der Waals surface area contributed by atoms with Crippen LogP contribution in [0.1, 0.15) is 38.7 Å². The SMILES string of the molecule is CC(C)(N)C(=O)N1CCN(C(=O)Nc2ccn(-c3ccc(C[C@H](N)C(=O)N4CCCC(N)CC4)cc3)c(=O)n2)CC1.Cl. The molecular formula is C28H42ClN9O4. The summed E-state index contributed by atoms with van der Waals surface area (Å²) in [5.74, 6) is -0.102. The lowest BCUT2D eigenvalue weighted by Crippen LogP contribution is -2.58. The van der Waals surface area contributed by atoms with E-state index in [-0.39, 0.29) is 36.1 Å². The number of nitrogens with two attached hydrogens (primary N) is 3. The van der Waals surface area contributed by atoms with Crippen molar-refractivity contribution in [3.63, 3.8) is 0 Å². The highest BCUT2D eigenvalue weighted by molar-refractivity contribution is 5.89. The maximum absolute atomic E-state index is 12.8. The predicted molar refractivity (Wildman–Crippen MR) is 163 cm³/mol. The molecule has 0 bridgehead atoms. The standard InChI is InChI=1S/C28H41N9O4.ClH/c1-28(2,31)25(39)35-14-16-36(17-15-35)26(40)32-23-10-13-37(27(41)33-23)21-7-5-19(6-8-21)18-22(30)24(38)34-11-3-4-20(29)9-12-34;/h5-8,10,13,20,22H,3-4,9,11-12,14-18,29-31H2,1-2H3,(H,32,33,40,41);1H/t20?,22-;/m0./s1. The molecule has 4 rings (SSSR count). The molecule has 13 nitrogen and oxygen atoms in total. The summed E-state index contributed by atoms with van der Waals surface area (Å²) in [7, 11) is 0. The van der Waals surface area contributed by atoms with Gasteiger partial charge in [0.25, 0.3) is 0 Å². The van der Waals surface area contributed by atoms with Gasteiger partial charge in [-0.25, -0.2) is 9.59 Å². The summed E-state index contributed by atoms with van der Waals surface area (Å²) in [6.07, 6.45) is 4.50. The van der Waals surface area contributed by atoms with Gasteiger partial charge in [0.05, 0.1) is 17.3 Å². The van der Waals surface area contributed by atoms with Gasteiger partial charge in [0, 0.05) is 51.5 Å². The Morgan fingerprint density at radius 1 is 0.976 bits per heavy atom. The Balaban J connectivity index is 0.00000484. The molecule has 1 aromatic carbocycles. The zero-order chi connectivity index (χ0) is 29.7. The number of halogens is 1. The molecule has 2 saturated heterocycles. The van der Waals surface area contributed by atoms with E-state index in [1.54, 1.807) is 52.9 Å². The van der Waals surface area contributed by atoms with Crippen LogP contribution in [0.4, 0.5) is 10.6 Å². The number of hydrogen-bond acceptors (Lipinski definition) is 8. The summed E-state index contributed by atoms with van der Waals surface area (Å²) in [6.45, 7) is 6.07. The first kappa shape index (κ1) is 33.0. The molecule has 2 aliphatic rings. The number of rotatable bonds is 6. The highest BCUT2D eigenvalue weighted by Gasteiger charge is 2.31. The van der Waals surface area contributed by atoms with E-state index in [2.05, 4.69) is 10.3 Å². The van der Waals surface area contributed by atoms with Gasteiger partial charge in [0.2, 0.25) is 11.8 Å². The first-order valence-corrected chi connectivity index (χ1v) is 14.1. The van der Waals surface area contributed by atoms with E-state index >= 15 is 0 Å². The van der Waals surface area contributed by atoms with E-state index in [0.29, 0.717) is 51.4 Å². The number of carbonyl (C=O) groups is 3. The third kappa shape index (κ3) is 8.28. The molecule has 0 radical (unpaired) electrons. The lowest BCUT2D eigenvalue weighted by Gasteiger charge is -2.37. The number of carbonyl (C=O) groups excluding carboxylic acids is 3. The van der Waals surface area contributed by atoms with Crippen molar-refractivity contribution in [1.82, 2.24) is 24.3 Å². The molecule has 1 unspecified atom stereocenters. The topological polar surface area (TPSA) is 186 Å². The molecule has 3 heterocycles. The number of hydrogen-bond donors (Lipinski definition) is 4. The largest absolute Gasteiger partial charge is 0.354 e. The molecule has 4 amide bonds. The van der Waals surface area contributed by atoms with Gasteiger partial charge in [-0.05, 0) is 63.3 Å². The molecule has 14 heteroatoms. The molecule has 2 fully saturated rings. The van der Waals surface area contributed by atoms with Gasteiger partial charge >= 0.3 is 11.7 Å². The number of benzene rings is 1. The first-order chi connectivity index (χ1) is 19.4. The van der Waals surface area contributed by atoms with Gasteiger partial charge < -0.3 is 31.9 Å². The number of aromatic nitrogens is 2. The van der Waals surface area contributed by atoms with Crippen molar-refractivity contribution >= 4 is 36.1 Å². The van der Waals surface area contributed by atoms with Gasteiger partial charge in [-0.3, -0.25) is 19.5 Å². The van der Waals surface area contributed by atoms with Gasteiger partial charge in [0.1, 0.15) is 5.82 Å². The Labute approximate surface area is 251 Å². The Hall–Kier alpha value is -3.52. The van der Waals surface area contributed by atoms with Crippen LogP contribution in [-0.4, -0.2) is 99.0 Å². The van der Waals surface area contributed by atoms with Crippen LogP contribution in [0, 0.1) is 0 Å². The third-order valence-corrected chi connectivity index (χ3v) is 7.52. The number of likely N-dealkylation sites (tertiary alicyclic amines) is 1. The van der Waals surface area contributed by atoms with Gasteiger partial charge in [-0.1, -0.05) is 12.1 Å². The van der Waals surface area contributed by atoms with Gasteiger partial charge in [-0.2, -0.15) is 4.98 Å². The summed E-state index contributed by atoms with van der Waals surface area (Å²) in [5, 5.41) is 2.66. The quantitative estimate of drug-likeness (QED) is 0.362. The van der Waals surface area contributed by atoms with E-state index in [4.69, 9.17) is 17.2 Å². The van der Waals surface area contributed by atoms with Gasteiger partial charge in [0.15, 0.2) is 0 Å². The fourth-order valence-corrected chi connectivity index (χ4v) is 5.09. The Kier molecular flexibility index (Phi) is 11.1. The number of nitrogens with one attached hydrogen (secondary N) is 1. The minimum Gasteiger partial charge on any atom is -0.341 e. The molecule has 1 aromatic heterocycles. The second-order valence-electron chi connectivity index (χ2n) is 11.4. The lowest BCUT2D eigenvalue weighted by molar-refractivity contribution is -0.137. The fourth-order valence-electron chi connectivity index (χ4n) is 5.09. The van der Waals surface area contributed by atoms with Crippen LogP contribution in [0.2, 0.25) is 0 Å². The summed E-state index contributed by atoms with van der Waals surface area (Å²) < 4.78 is 1.37. The van der Waals surface area contributed by atoms with Crippen LogP contribution in [0.25, 0.3) is 5.69 Å². The number of nitrogens with zero attached hydrogens (tertiary/aromatic N) is 5. The summed E-state index contributed by atoms with van der Waals surface area (Å²) in [5.41, 5.74) is 18.1. The Bertz CT molecular complexity index is 1300. The molecule has 2 atom stereocenters. The second-order valence-corrected chi connectivity index (χ2v) is 11.4. The molecule has 7 N–H and O–H groups in total. The maximum Gasteiger partial charge on any atom is 0.354 e. The van der Waals surface area contributed by atoms with Crippen LogP contribution < -0.4 is 28.2 Å². The monoisotopic (exact) mass is 603 g/mol. The predicted octanol–water partition coefficient (Wildman–Crippen LogP) is 0.277. The molecule has 0 aliphatic carbocycles. The number of urea groups is 1. The minimum atomic E-state index is -0.966. The maximum atomic E-state index is 12.8. The molecule has 2 aromatic rings. The fraction of sp³-hybridized carbons (Fsp3) is 0.536. The van der Waals surface area contributed by atoms with Crippen LogP contribution in [0.3, 0.4) is 0 Å². The van der Waals surface area contributed by atoms with E-state index in [1.807, 2.05) is 12.1 Å². The van der Waals surface area contributed by atoms with Crippen LogP contribution in [-0.2, 0) is 16.0 Å². The highest BCUT2D eigenvalue weighted by atomic mass is 35.5. The molecule has 42 heavy (non-hydrogen) atoms. The van der Waals surface area contributed by atoms with Crippen molar-refractivity contribution in [2.45, 2.75) is 57.2 Å². The summed E-state index contributed by atoms with van der Waals surface area (Å²) in [6, 6.07) is 7.82. The van der Waals surface area contributed by atoms with Crippen LogP contribution in [0.5, 0.6) is 0 Å². The van der Waals surface area contributed by atoms with Gasteiger partial charge in [-0.15, -0.1) is 12.4 Å². The lowest BCUT2D eigenvalue weighted by atomic mass is 10.0. The molecular weight excluding hydrogens is 562 g/mol. The van der Waals surface area contributed by atoms with E-state index in [0.717, 1.165) is 24.8 Å². The van der Waals surface area contributed by atoms with E-state index in [9.17, 15) is 19.2 Å². The van der Waals surface area contributed by atoms with Crippen molar-refractivity contribution in [2.75, 3.05) is 44.6 Å². The van der Waals surface area contributed by atoms with Crippen LogP contribution in [0.15, 0.2) is 41.3 Å². The van der Waals surface area contributed by atoms with E-state index in [1.165, 1.54) is 4.57 Å². The van der Waals surface area contributed by atoms with Crippen LogP contribution >= 0.6 is 12.4 Å². The van der Waals surface area contributed by atoms with Crippen molar-refractivity contribution in [2.24, 2.45) is 17.2 Å². The minimum absolute atomic E-state index is 0. The highest BCUT2D eigenvalue weighted by Crippen LogP contribution is 2.15. The van der Waals surface area contributed by atoms with Crippen molar-refractivity contribution in [3.05, 3.63) is 52.6 Å². The normalized spacial score (nSPS) is 18.5. The Morgan fingerprint density at radius 3 is 2.24 bits per heavy atom. The third-order valence-electron chi connectivity index (χ3n) is 7.52. The Morgan fingerprint density at radius 2 is 1.62 bits per heavy atom. The molecule has 0 saturated carbocycles. The van der Waals surface area contributed by atoms with Crippen molar-refractivity contribution < 1.29 is 14.4 Å². The number of amides is 4. The number of piperazine rings is 1. The summed E-state index contributed by atoms with van der Waals surface area (Å²) in [4.78, 5) is 59.7. The smallest absolute Gasteiger partial charge is 0.341 e. The molecule has 0 spiro atoms. The second kappa shape index (κ2) is 14.1. The zero-order valence-electron chi connectivity index (χ0n) is 24.2. The average Bonchev–Trinajstić information content (AvgIpc) is 3.16. The van der Waals surface area contributed by atoms with Crippen molar-refractivity contribution in [3.8, 4) is 5.69 Å². The van der Waals surface area contributed by atoms with E-state index < -0.39 is 23.3 Å². The molecule has 230 valence electrons. The first-order valence-electron chi connectivity index (χ1n) is 14.1. The average molecular weight is 604 g/mol. The number of anilines is 1. The zero-order valence-corrected chi connectivity index (χ0v) is 25.0. The van der Waals surface area contributed by atoms with Crippen molar-refractivity contribution in [1.29, 1.82) is 0 Å². The summed E-state index contributed by atoms with van der Waals surface area (Å²) >= 11 is 0.